The molecular formula is C20H36O4. The third-order valence-electron chi connectivity index (χ3n) is 5.02. The van der Waals surface area contributed by atoms with Crippen LogP contribution in [0.5, 0.6) is 0 Å². The van der Waals surface area contributed by atoms with E-state index in [0.717, 1.165) is 19.3 Å². The van der Waals surface area contributed by atoms with E-state index in [1.165, 1.54) is 57.8 Å². The molecule has 1 saturated heterocycles. The lowest BCUT2D eigenvalue weighted by Gasteiger charge is -2.21. The molecule has 1 aliphatic heterocycles. The third-order valence-corrected chi connectivity index (χ3v) is 5.02. The maximum Gasteiger partial charge on any atom is 0.334 e. The first kappa shape index (κ1) is 21.2. The Balaban J connectivity index is 2.06. The van der Waals surface area contributed by atoms with Gasteiger partial charge < -0.3 is 14.9 Å². The monoisotopic (exact) mass is 340 g/mol. The first-order chi connectivity index (χ1) is 11.6. The highest BCUT2D eigenvalue weighted by Crippen LogP contribution is 2.32. The van der Waals surface area contributed by atoms with Crippen LogP contribution in [0.1, 0.15) is 84.0 Å². The van der Waals surface area contributed by atoms with Crippen LogP contribution in [0.3, 0.4) is 0 Å². The third kappa shape index (κ3) is 7.35. The smallest absolute Gasteiger partial charge is 0.334 e. The van der Waals surface area contributed by atoms with Gasteiger partial charge in [0.2, 0.25) is 0 Å². The number of hydrogen-bond acceptors (Lipinski definition) is 4. The van der Waals surface area contributed by atoms with Crippen LogP contribution in [0, 0.1) is 5.92 Å². The van der Waals surface area contributed by atoms with E-state index in [1.54, 1.807) is 0 Å². The van der Waals surface area contributed by atoms with Gasteiger partial charge in [-0.3, -0.25) is 0 Å². The van der Waals surface area contributed by atoms with Crippen molar-refractivity contribution in [2.75, 3.05) is 6.61 Å². The first-order valence-electron chi connectivity index (χ1n) is 9.80. The van der Waals surface area contributed by atoms with Crippen LogP contribution in [0.2, 0.25) is 0 Å². The predicted octanol–water partition coefficient (Wildman–Crippen LogP) is 4.14. The van der Waals surface area contributed by atoms with Crippen LogP contribution in [0.15, 0.2) is 12.2 Å². The molecular weight excluding hydrogens is 304 g/mol. The highest BCUT2D eigenvalue weighted by atomic mass is 16.6. The number of carbonyl (C=O) groups is 1. The second-order valence-corrected chi connectivity index (χ2v) is 7.07. The molecule has 0 aromatic heterocycles. The number of carbonyl (C=O) groups excluding carboxylic acids is 1. The van der Waals surface area contributed by atoms with E-state index in [0.29, 0.717) is 5.57 Å². The van der Waals surface area contributed by atoms with Crippen molar-refractivity contribution in [3.05, 3.63) is 12.2 Å². The van der Waals surface area contributed by atoms with Crippen molar-refractivity contribution in [1.29, 1.82) is 0 Å². The number of ether oxygens (including phenoxy) is 1. The molecule has 2 N–H and O–H groups in total. The number of rotatable bonds is 14. The minimum Gasteiger partial charge on any atom is -0.458 e. The van der Waals surface area contributed by atoms with Crippen molar-refractivity contribution < 1.29 is 19.7 Å². The fourth-order valence-corrected chi connectivity index (χ4v) is 3.49. The zero-order chi connectivity index (χ0) is 17.8. The summed E-state index contributed by atoms with van der Waals surface area (Å²) in [5, 5.41) is 19.0. The first-order valence-corrected chi connectivity index (χ1v) is 9.80. The van der Waals surface area contributed by atoms with Crippen molar-refractivity contribution in [1.82, 2.24) is 0 Å². The molecule has 0 aliphatic carbocycles. The van der Waals surface area contributed by atoms with Gasteiger partial charge in [0.1, 0.15) is 6.10 Å². The summed E-state index contributed by atoms with van der Waals surface area (Å²) >= 11 is 0. The Hall–Kier alpha value is -0.870. The second-order valence-electron chi connectivity index (χ2n) is 7.07. The standard InChI is InChI=1S/C20H36O4/c1-3-4-5-6-7-8-9-10-11-12-13-14-18-19(17(22)15-21)16(2)20(23)24-18/h17-19,21-22H,2-15H2,1H3/t17-,18+,19+/m1/s1. The minimum atomic E-state index is -0.957. The fourth-order valence-electron chi connectivity index (χ4n) is 3.49. The molecule has 24 heavy (non-hydrogen) atoms. The molecule has 1 aliphatic rings. The lowest BCUT2D eigenvalue weighted by atomic mass is 9.88. The van der Waals surface area contributed by atoms with Crippen molar-refractivity contribution in [2.24, 2.45) is 5.92 Å². The van der Waals surface area contributed by atoms with Gasteiger partial charge >= 0.3 is 5.97 Å². The molecule has 0 amide bonds. The van der Waals surface area contributed by atoms with Crippen molar-refractivity contribution in [2.45, 2.75) is 96.2 Å². The Morgan fingerprint density at radius 2 is 1.50 bits per heavy atom. The van der Waals surface area contributed by atoms with Gasteiger partial charge in [-0.1, -0.05) is 77.7 Å². The van der Waals surface area contributed by atoms with Crippen LogP contribution < -0.4 is 0 Å². The molecule has 1 rings (SSSR count). The SMILES string of the molecule is C=C1C(=O)O[C@@H](CCCCCCCCCCCCC)[C@@H]1[C@H](O)CO. The number of cyclic esters (lactones) is 1. The molecule has 140 valence electrons. The molecule has 0 radical (unpaired) electrons. The Labute approximate surface area is 147 Å². The van der Waals surface area contributed by atoms with Gasteiger partial charge in [0.15, 0.2) is 0 Å². The van der Waals surface area contributed by atoms with E-state index in [-0.39, 0.29) is 12.7 Å². The molecule has 4 heteroatoms. The second kappa shape index (κ2) is 12.5. The van der Waals surface area contributed by atoms with Crippen LogP contribution in [-0.4, -0.2) is 35.0 Å². The summed E-state index contributed by atoms with van der Waals surface area (Å²) in [5.41, 5.74) is 0.296. The summed E-state index contributed by atoms with van der Waals surface area (Å²) < 4.78 is 5.29. The average Bonchev–Trinajstić information content (AvgIpc) is 2.86. The Bertz CT molecular complexity index is 367. The number of aliphatic hydroxyl groups excluding tert-OH is 2. The normalized spacial score (nSPS) is 22.0. The van der Waals surface area contributed by atoms with Crippen LogP contribution in [0.25, 0.3) is 0 Å². The topological polar surface area (TPSA) is 66.8 Å². The van der Waals surface area contributed by atoms with Crippen molar-refractivity contribution >= 4 is 5.97 Å². The van der Waals surface area contributed by atoms with Crippen molar-refractivity contribution in [3.8, 4) is 0 Å². The van der Waals surface area contributed by atoms with Gasteiger partial charge in [-0.15, -0.1) is 0 Å². The average molecular weight is 341 g/mol. The van der Waals surface area contributed by atoms with Crippen LogP contribution in [0.4, 0.5) is 0 Å². The summed E-state index contributed by atoms with van der Waals surface area (Å²) in [5.74, 6) is -0.883. The highest BCUT2D eigenvalue weighted by molar-refractivity contribution is 5.90. The molecule has 0 spiro atoms. The molecule has 0 bridgehead atoms. The Kier molecular flexibility index (Phi) is 11.0. The van der Waals surface area contributed by atoms with Gasteiger partial charge in [-0.25, -0.2) is 4.79 Å². The number of esters is 1. The van der Waals surface area contributed by atoms with Gasteiger partial charge in [-0.05, 0) is 12.8 Å². The Morgan fingerprint density at radius 1 is 1.00 bits per heavy atom. The molecule has 4 nitrogen and oxygen atoms in total. The summed E-state index contributed by atoms with van der Waals surface area (Å²) in [6.45, 7) is 5.57. The van der Waals surface area contributed by atoms with Crippen molar-refractivity contribution in [3.63, 3.8) is 0 Å². The number of hydrogen-bond donors (Lipinski definition) is 2. The number of unbranched alkanes of at least 4 members (excludes halogenated alkanes) is 10. The van der Waals surface area contributed by atoms with Crippen LogP contribution >= 0.6 is 0 Å². The van der Waals surface area contributed by atoms with Gasteiger partial charge in [-0.2, -0.15) is 0 Å². The van der Waals surface area contributed by atoms with E-state index in [2.05, 4.69) is 13.5 Å². The van der Waals surface area contributed by atoms with E-state index in [9.17, 15) is 9.90 Å². The molecule has 1 heterocycles. The predicted molar refractivity (Wildman–Crippen MR) is 96.7 cm³/mol. The highest BCUT2D eigenvalue weighted by Gasteiger charge is 2.42. The van der Waals surface area contributed by atoms with Gasteiger partial charge in [0.25, 0.3) is 0 Å². The molecule has 0 aromatic carbocycles. The maximum atomic E-state index is 11.6. The minimum absolute atomic E-state index is 0.296. The molecule has 0 aromatic rings. The zero-order valence-electron chi connectivity index (χ0n) is 15.3. The van der Waals surface area contributed by atoms with Crippen LogP contribution in [-0.2, 0) is 9.53 Å². The largest absolute Gasteiger partial charge is 0.458 e. The zero-order valence-corrected chi connectivity index (χ0v) is 15.3. The summed E-state index contributed by atoms with van der Waals surface area (Å²) in [4.78, 5) is 11.6. The van der Waals surface area contributed by atoms with E-state index < -0.39 is 18.0 Å². The Morgan fingerprint density at radius 3 is 2.00 bits per heavy atom. The van der Waals surface area contributed by atoms with Gasteiger partial charge in [0, 0.05) is 5.57 Å². The summed E-state index contributed by atoms with van der Waals surface area (Å²) in [6, 6.07) is 0. The summed E-state index contributed by atoms with van der Waals surface area (Å²) in [6.07, 6.45) is 13.5. The van der Waals surface area contributed by atoms with E-state index in [4.69, 9.17) is 9.84 Å². The molecule has 0 unspecified atom stereocenters. The van der Waals surface area contributed by atoms with E-state index in [1.807, 2.05) is 0 Å². The molecule has 3 atom stereocenters. The van der Waals surface area contributed by atoms with Gasteiger partial charge in [0.05, 0.1) is 18.6 Å². The quantitative estimate of drug-likeness (QED) is 0.283. The summed E-state index contributed by atoms with van der Waals surface area (Å²) in [7, 11) is 0. The lowest BCUT2D eigenvalue weighted by Crippen LogP contribution is -2.31. The molecule has 1 fully saturated rings. The maximum absolute atomic E-state index is 11.6. The van der Waals surface area contributed by atoms with E-state index >= 15 is 0 Å². The lowest BCUT2D eigenvalue weighted by molar-refractivity contribution is -0.139. The fraction of sp³-hybridized carbons (Fsp3) is 0.850. The number of aliphatic hydroxyl groups is 2. The molecule has 0 saturated carbocycles.